The molecule has 5 nitrogen and oxygen atoms in total. The molecule has 0 radical (unpaired) electrons. The summed E-state index contributed by atoms with van der Waals surface area (Å²) in [7, 11) is 0. The van der Waals surface area contributed by atoms with E-state index in [1.807, 2.05) is 0 Å². The zero-order valence-corrected chi connectivity index (χ0v) is 15.1. The van der Waals surface area contributed by atoms with Crippen LogP contribution in [-0.4, -0.2) is 38.8 Å². The van der Waals surface area contributed by atoms with Crippen LogP contribution >= 0.6 is 0 Å². The van der Waals surface area contributed by atoms with Gasteiger partial charge in [0, 0.05) is 6.54 Å². The molecule has 0 aromatic carbocycles. The maximum atomic E-state index is 11.7. The third-order valence-electron chi connectivity index (χ3n) is 5.53. The maximum absolute atomic E-state index is 11.7. The van der Waals surface area contributed by atoms with Gasteiger partial charge in [-0.3, -0.25) is 4.79 Å². The van der Waals surface area contributed by atoms with Gasteiger partial charge in [-0.1, -0.05) is 19.2 Å². The van der Waals surface area contributed by atoms with E-state index in [2.05, 4.69) is 18.5 Å². The van der Waals surface area contributed by atoms with Crippen LogP contribution in [-0.2, 0) is 14.3 Å². The second-order valence-electron chi connectivity index (χ2n) is 6.93. The van der Waals surface area contributed by atoms with E-state index in [-0.39, 0.29) is 12.6 Å². The van der Waals surface area contributed by atoms with Crippen molar-refractivity contribution in [2.24, 2.45) is 29.4 Å². The predicted octanol–water partition coefficient (Wildman–Crippen LogP) is 2.40. The van der Waals surface area contributed by atoms with Gasteiger partial charge in [-0.25, -0.2) is 0 Å². The van der Waals surface area contributed by atoms with Crippen LogP contribution < -0.4 is 11.1 Å². The molecule has 2 aliphatic rings. The van der Waals surface area contributed by atoms with E-state index in [9.17, 15) is 4.79 Å². The molecule has 0 heterocycles. The highest BCUT2D eigenvalue weighted by Crippen LogP contribution is 2.51. The Morgan fingerprint density at radius 3 is 2.56 bits per heavy atom. The third-order valence-corrected chi connectivity index (χ3v) is 5.53. The topological polar surface area (TPSA) is 73.6 Å². The molecule has 0 aromatic rings. The standard InChI is InChI=1S/C20H32N2O3/c1-3-5-17(4-2)24-10-11-25-20(23)8-9-22-14-19-16-7-6-15(12-16)18(19)13-21/h3-5,15-16,18-19,22H,1-2,6-14,21H2/b17-5+. The lowest BCUT2D eigenvalue weighted by Crippen LogP contribution is -2.36. The minimum atomic E-state index is -0.202. The fourth-order valence-corrected chi connectivity index (χ4v) is 4.35. The predicted molar refractivity (Wildman–Crippen MR) is 99.7 cm³/mol. The number of allylic oxidation sites excluding steroid dienone is 3. The van der Waals surface area contributed by atoms with Crippen LogP contribution in [0.5, 0.6) is 0 Å². The number of carbonyl (C=O) groups is 1. The Balaban J connectivity index is 1.53. The summed E-state index contributed by atoms with van der Waals surface area (Å²) in [5.41, 5.74) is 5.95. The summed E-state index contributed by atoms with van der Waals surface area (Å²) >= 11 is 0. The summed E-state index contributed by atoms with van der Waals surface area (Å²) in [5, 5.41) is 3.42. The van der Waals surface area contributed by atoms with Gasteiger partial charge >= 0.3 is 5.97 Å². The van der Waals surface area contributed by atoms with E-state index < -0.39 is 0 Å². The van der Waals surface area contributed by atoms with Gasteiger partial charge in [0.25, 0.3) is 0 Å². The SMILES string of the molecule is C=C/C=C(\C=C)OCCOC(=O)CCNCC1C2CCC(C2)C1CN. The lowest BCUT2D eigenvalue weighted by molar-refractivity contribution is -0.144. The van der Waals surface area contributed by atoms with Crippen molar-refractivity contribution >= 4 is 5.97 Å². The van der Waals surface area contributed by atoms with E-state index in [1.165, 1.54) is 19.3 Å². The van der Waals surface area contributed by atoms with Gasteiger partial charge in [0.05, 0.1) is 6.42 Å². The first-order valence-electron chi connectivity index (χ1n) is 9.34. The second-order valence-corrected chi connectivity index (χ2v) is 6.93. The van der Waals surface area contributed by atoms with Crippen LogP contribution in [0.4, 0.5) is 0 Å². The molecule has 140 valence electrons. The number of ether oxygens (including phenoxy) is 2. The molecular weight excluding hydrogens is 316 g/mol. The number of esters is 1. The Hall–Kier alpha value is -1.59. The molecule has 2 fully saturated rings. The number of rotatable bonds is 12. The van der Waals surface area contributed by atoms with Crippen molar-refractivity contribution in [3.05, 3.63) is 37.1 Å². The highest BCUT2D eigenvalue weighted by atomic mass is 16.6. The molecule has 0 aliphatic heterocycles. The summed E-state index contributed by atoms with van der Waals surface area (Å²) in [6, 6.07) is 0. The average molecular weight is 348 g/mol. The third kappa shape index (κ3) is 5.72. The lowest BCUT2D eigenvalue weighted by atomic mass is 9.79. The van der Waals surface area contributed by atoms with Gasteiger partial charge in [0.15, 0.2) is 0 Å². The molecule has 5 heteroatoms. The van der Waals surface area contributed by atoms with Crippen molar-refractivity contribution in [2.45, 2.75) is 25.7 Å². The Morgan fingerprint density at radius 1 is 1.16 bits per heavy atom. The molecule has 2 aliphatic carbocycles. The number of carbonyl (C=O) groups excluding carboxylic acids is 1. The Bertz CT molecular complexity index is 489. The van der Waals surface area contributed by atoms with Gasteiger partial charge < -0.3 is 20.5 Å². The molecule has 0 amide bonds. The summed E-state index contributed by atoms with van der Waals surface area (Å²) in [6.45, 7) is 10.2. The number of nitrogens with two attached hydrogens (primary N) is 1. The van der Waals surface area contributed by atoms with Crippen molar-refractivity contribution in [1.29, 1.82) is 0 Å². The second kappa shape index (κ2) is 10.4. The Morgan fingerprint density at radius 2 is 1.88 bits per heavy atom. The molecule has 4 atom stereocenters. The number of nitrogens with one attached hydrogen (secondary N) is 1. The van der Waals surface area contributed by atoms with E-state index in [0.29, 0.717) is 37.2 Å². The van der Waals surface area contributed by atoms with Gasteiger partial charge in [-0.15, -0.1) is 0 Å². The van der Waals surface area contributed by atoms with E-state index >= 15 is 0 Å². The van der Waals surface area contributed by atoms with Crippen molar-refractivity contribution in [1.82, 2.24) is 5.32 Å². The van der Waals surface area contributed by atoms with Gasteiger partial charge in [-0.05, 0) is 68.2 Å². The van der Waals surface area contributed by atoms with E-state index in [4.69, 9.17) is 15.2 Å². The summed E-state index contributed by atoms with van der Waals surface area (Å²) in [5.74, 6) is 3.43. The van der Waals surface area contributed by atoms with Gasteiger partial charge in [0.1, 0.15) is 19.0 Å². The van der Waals surface area contributed by atoms with E-state index in [1.54, 1.807) is 18.2 Å². The molecule has 2 rings (SSSR count). The number of fused-ring (bicyclic) bond motifs is 2. The molecule has 4 unspecified atom stereocenters. The summed E-state index contributed by atoms with van der Waals surface area (Å²) in [4.78, 5) is 11.7. The quantitative estimate of drug-likeness (QED) is 0.245. The lowest BCUT2D eigenvalue weighted by Gasteiger charge is -2.30. The molecule has 0 aromatic heterocycles. The largest absolute Gasteiger partial charge is 0.490 e. The normalized spacial score (nSPS) is 28.0. The molecule has 2 bridgehead atoms. The zero-order chi connectivity index (χ0) is 18.1. The molecular formula is C20H32N2O3. The monoisotopic (exact) mass is 348 g/mol. The van der Waals surface area contributed by atoms with Crippen molar-refractivity contribution in [3.63, 3.8) is 0 Å². The minimum Gasteiger partial charge on any atom is -0.490 e. The van der Waals surface area contributed by atoms with Crippen LogP contribution in [0.1, 0.15) is 25.7 Å². The first-order chi connectivity index (χ1) is 12.2. The number of hydrogen-bond acceptors (Lipinski definition) is 5. The Kier molecular flexibility index (Phi) is 8.22. The van der Waals surface area contributed by atoms with Crippen molar-refractivity contribution in [3.8, 4) is 0 Å². The van der Waals surface area contributed by atoms with Gasteiger partial charge in [-0.2, -0.15) is 0 Å². The van der Waals surface area contributed by atoms with Crippen LogP contribution in [0, 0.1) is 23.7 Å². The molecule has 3 N–H and O–H groups in total. The minimum absolute atomic E-state index is 0.202. The van der Waals surface area contributed by atoms with Crippen LogP contribution in [0.2, 0.25) is 0 Å². The number of hydrogen-bond donors (Lipinski definition) is 2. The van der Waals surface area contributed by atoms with Crippen molar-refractivity contribution < 1.29 is 14.3 Å². The Labute approximate surface area is 151 Å². The summed E-state index contributed by atoms with van der Waals surface area (Å²) < 4.78 is 10.6. The van der Waals surface area contributed by atoms with Crippen LogP contribution in [0.25, 0.3) is 0 Å². The molecule has 0 saturated heterocycles. The first kappa shape index (κ1) is 19.7. The molecule has 2 saturated carbocycles. The molecule has 25 heavy (non-hydrogen) atoms. The fraction of sp³-hybridized carbons (Fsp3) is 0.650. The smallest absolute Gasteiger partial charge is 0.307 e. The van der Waals surface area contributed by atoms with Crippen molar-refractivity contribution in [2.75, 3.05) is 32.8 Å². The highest BCUT2D eigenvalue weighted by molar-refractivity contribution is 5.69. The van der Waals surface area contributed by atoms with E-state index in [0.717, 1.165) is 24.9 Å². The van der Waals surface area contributed by atoms with Crippen LogP contribution in [0.15, 0.2) is 37.1 Å². The molecule has 0 spiro atoms. The average Bonchev–Trinajstić information content (AvgIpc) is 3.22. The van der Waals surface area contributed by atoms with Crippen LogP contribution in [0.3, 0.4) is 0 Å². The van der Waals surface area contributed by atoms with Gasteiger partial charge in [0.2, 0.25) is 0 Å². The summed E-state index contributed by atoms with van der Waals surface area (Å²) in [6.07, 6.45) is 9.37. The highest BCUT2D eigenvalue weighted by Gasteiger charge is 2.46. The first-order valence-corrected chi connectivity index (χ1v) is 9.34. The maximum Gasteiger partial charge on any atom is 0.307 e. The zero-order valence-electron chi connectivity index (χ0n) is 15.1. The fourth-order valence-electron chi connectivity index (χ4n) is 4.35.